The minimum atomic E-state index is 0.0154. The molecule has 0 saturated carbocycles. The van der Waals surface area contributed by atoms with Crippen LogP contribution < -0.4 is 5.73 Å². The number of rotatable bonds is 1. The summed E-state index contributed by atoms with van der Waals surface area (Å²) >= 11 is 0. The molecule has 2 rings (SSSR count). The highest BCUT2D eigenvalue weighted by atomic mass is 14.8. The number of benzene rings is 1. The van der Waals surface area contributed by atoms with E-state index in [1.165, 1.54) is 5.56 Å². The van der Waals surface area contributed by atoms with E-state index in [1.807, 2.05) is 6.07 Å². The lowest BCUT2D eigenvalue weighted by atomic mass is 9.86. The van der Waals surface area contributed by atoms with Crippen LogP contribution in [-0.4, -0.2) is 10.8 Å². The molecule has 2 aromatic rings. The molecule has 1 aromatic heterocycles. The van der Waals surface area contributed by atoms with Gasteiger partial charge in [0.15, 0.2) is 0 Å². The Morgan fingerprint density at radius 2 is 1.94 bits per heavy atom. The van der Waals surface area contributed by atoms with Gasteiger partial charge in [-0.1, -0.05) is 32.9 Å². The zero-order valence-corrected chi connectivity index (χ0v) is 10.4. The van der Waals surface area contributed by atoms with E-state index in [0.717, 1.165) is 10.8 Å². The number of amidine groups is 1. The van der Waals surface area contributed by atoms with E-state index in [-0.39, 0.29) is 11.3 Å². The van der Waals surface area contributed by atoms with Crippen molar-refractivity contribution in [3.63, 3.8) is 0 Å². The van der Waals surface area contributed by atoms with E-state index in [2.05, 4.69) is 44.0 Å². The third-order valence-electron chi connectivity index (χ3n) is 2.89. The van der Waals surface area contributed by atoms with Gasteiger partial charge in [0.2, 0.25) is 0 Å². The van der Waals surface area contributed by atoms with E-state index >= 15 is 0 Å². The summed E-state index contributed by atoms with van der Waals surface area (Å²) in [5.41, 5.74) is 7.43. The molecule has 0 aliphatic heterocycles. The van der Waals surface area contributed by atoms with Gasteiger partial charge in [0, 0.05) is 11.6 Å². The van der Waals surface area contributed by atoms with E-state index in [1.54, 1.807) is 6.20 Å². The van der Waals surface area contributed by atoms with Crippen molar-refractivity contribution < 1.29 is 0 Å². The van der Waals surface area contributed by atoms with Gasteiger partial charge in [0.25, 0.3) is 0 Å². The Labute approximate surface area is 101 Å². The lowest BCUT2D eigenvalue weighted by Crippen LogP contribution is -2.15. The Kier molecular flexibility index (Phi) is 2.62. The third kappa shape index (κ3) is 2.13. The number of fused-ring (bicyclic) bond motifs is 1. The molecule has 0 amide bonds. The zero-order valence-electron chi connectivity index (χ0n) is 10.4. The molecule has 0 aliphatic carbocycles. The quantitative estimate of drug-likeness (QED) is 0.581. The van der Waals surface area contributed by atoms with Crippen molar-refractivity contribution >= 4 is 16.6 Å². The molecule has 0 aliphatic rings. The van der Waals surface area contributed by atoms with Gasteiger partial charge in [-0.05, 0) is 28.5 Å². The topological polar surface area (TPSA) is 62.8 Å². The maximum Gasteiger partial charge on any atom is 0.142 e. The summed E-state index contributed by atoms with van der Waals surface area (Å²) in [6.45, 7) is 6.49. The third-order valence-corrected chi connectivity index (χ3v) is 2.89. The van der Waals surface area contributed by atoms with Gasteiger partial charge in [-0.3, -0.25) is 10.4 Å². The Hall–Kier alpha value is -1.90. The molecule has 0 atom stereocenters. The molecule has 3 N–H and O–H groups in total. The van der Waals surface area contributed by atoms with Crippen LogP contribution in [0.25, 0.3) is 10.8 Å². The number of hydrogen-bond acceptors (Lipinski definition) is 2. The van der Waals surface area contributed by atoms with Crippen molar-refractivity contribution in [3.05, 3.63) is 41.7 Å². The van der Waals surface area contributed by atoms with Crippen molar-refractivity contribution in [3.8, 4) is 0 Å². The van der Waals surface area contributed by atoms with Gasteiger partial charge in [-0.2, -0.15) is 0 Å². The Morgan fingerprint density at radius 1 is 1.24 bits per heavy atom. The van der Waals surface area contributed by atoms with Crippen LogP contribution in [0.5, 0.6) is 0 Å². The highest BCUT2D eigenvalue weighted by Crippen LogP contribution is 2.26. The van der Waals surface area contributed by atoms with Crippen LogP contribution >= 0.6 is 0 Å². The second-order valence-corrected chi connectivity index (χ2v) is 5.26. The standard InChI is InChI=1S/C14H17N3/c1-14(2,3)10-5-4-9-6-7-17-12(13(15)16)11(9)8-10/h4-8H,1-3H3,(H3,15,16). The van der Waals surface area contributed by atoms with Gasteiger partial charge in [-0.25, -0.2) is 0 Å². The minimum absolute atomic E-state index is 0.0154. The van der Waals surface area contributed by atoms with Gasteiger partial charge >= 0.3 is 0 Å². The van der Waals surface area contributed by atoms with Crippen LogP contribution in [0.15, 0.2) is 30.5 Å². The fourth-order valence-electron chi connectivity index (χ4n) is 1.85. The Morgan fingerprint density at radius 3 is 2.53 bits per heavy atom. The van der Waals surface area contributed by atoms with Crippen LogP contribution in [0.1, 0.15) is 32.0 Å². The molecule has 0 spiro atoms. The summed E-state index contributed by atoms with van der Waals surface area (Å²) in [5, 5.41) is 9.58. The summed E-state index contributed by atoms with van der Waals surface area (Å²) in [7, 11) is 0. The van der Waals surface area contributed by atoms with Crippen molar-refractivity contribution in [2.45, 2.75) is 26.2 Å². The number of hydrogen-bond donors (Lipinski definition) is 2. The second kappa shape index (κ2) is 3.84. The number of aromatic nitrogens is 1. The van der Waals surface area contributed by atoms with Crippen LogP contribution in [0.2, 0.25) is 0 Å². The molecule has 0 fully saturated rings. The summed E-state index contributed by atoms with van der Waals surface area (Å²) < 4.78 is 0. The maximum atomic E-state index is 7.56. The number of nitrogens with two attached hydrogens (primary N) is 1. The highest BCUT2D eigenvalue weighted by Gasteiger charge is 2.15. The predicted octanol–water partition coefficient (Wildman–Crippen LogP) is 2.82. The smallest absolute Gasteiger partial charge is 0.142 e. The van der Waals surface area contributed by atoms with Crippen molar-refractivity contribution in [2.75, 3.05) is 0 Å². The first-order chi connectivity index (χ1) is 7.89. The molecule has 88 valence electrons. The first kappa shape index (κ1) is 11.6. The SMILES string of the molecule is CC(C)(C)c1ccc2ccnc(C(=N)N)c2c1. The van der Waals surface area contributed by atoms with Crippen molar-refractivity contribution in [1.29, 1.82) is 5.41 Å². The molecular weight excluding hydrogens is 210 g/mol. The van der Waals surface area contributed by atoms with Gasteiger partial charge in [0.1, 0.15) is 11.5 Å². The van der Waals surface area contributed by atoms with E-state index in [0.29, 0.717) is 5.69 Å². The molecular formula is C14H17N3. The Bertz CT molecular complexity index is 580. The molecule has 0 saturated heterocycles. The normalized spacial score (nSPS) is 11.7. The van der Waals surface area contributed by atoms with Crippen LogP contribution in [0, 0.1) is 5.41 Å². The fourth-order valence-corrected chi connectivity index (χ4v) is 1.85. The molecule has 1 aromatic carbocycles. The molecule has 0 bridgehead atoms. The van der Waals surface area contributed by atoms with Crippen molar-refractivity contribution in [1.82, 2.24) is 4.98 Å². The van der Waals surface area contributed by atoms with Gasteiger partial charge in [-0.15, -0.1) is 0 Å². The summed E-state index contributed by atoms with van der Waals surface area (Å²) in [6, 6.07) is 8.20. The molecule has 0 radical (unpaired) electrons. The number of nitrogen functional groups attached to an aromatic ring is 1. The van der Waals surface area contributed by atoms with Crippen LogP contribution in [0.3, 0.4) is 0 Å². The largest absolute Gasteiger partial charge is 0.382 e. The van der Waals surface area contributed by atoms with E-state index in [4.69, 9.17) is 11.1 Å². The summed E-state index contributed by atoms with van der Waals surface area (Å²) in [5.74, 6) is 0.0154. The van der Waals surface area contributed by atoms with Crippen LogP contribution in [-0.2, 0) is 5.41 Å². The second-order valence-electron chi connectivity index (χ2n) is 5.26. The average molecular weight is 227 g/mol. The van der Waals surface area contributed by atoms with Gasteiger partial charge in [0.05, 0.1) is 0 Å². The zero-order chi connectivity index (χ0) is 12.6. The highest BCUT2D eigenvalue weighted by molar-refractivity contribution is 6.05. The maximum absolute atomic E-state index is 7.56. The Balaban J connectivity index is 2.75. The number of pyridine rings is 1. The molecule has 3 nitrogen and oxygen atoms in total. The van der Waals surface area contributed by atoms with E-state index < -0.39 is 0 Å². The van der Waals surface area contributed by atoms with Crippen LogP contribution in [0.4, 0.5) is 0 Å². The monoisotopic (exact) mass is 227 g/mol. The average Bonchev–Trinajstić information content (AvgIpc) is 2.26. The molecule has 1 heterocycles. The number of nitrogens with zero attached hydrogens (tertiary/aromatic N) is 1. The first-order valence-electron chi connectivity index (χ1n) is 5.63. The predicted molar refractivity (Wildman–Crippen MR) is 71.5 cm³/mol. The summed E-state index contributed by atoms with van der Waals surface area (Å²) in [6.07, 6.45) is 1.69. The lowest BCUT2D eigenvalue weighted by molar-refractivity contribution is 0.591. The lowest BCUT2D eigenvalue weighted by Gasteiger charge is -2.19. The number of nitrogens with one attached hydrogen (secondary N) is 1. The van der Waals surface area contributed by atoms with Crippen molar-refractivity contribution in [2.24, 2.45) is 5.73 Å². The summed E-state index contributed by atoms with van der Waals surface area (Å²) in [4.78, 5) is 4.18. The minimum Gasteiger partial charge on any atom is -0.382 e. The van der Waals surface area contributed by atoms with E-state index in [9.17, 15) is 0 Å². The molecule has 3 heteroatoms. The van der Waals surface area contributed by atoms with Gasteiger partial charge < -0.3 is 5.73 Å². The molecule has 0 unspecified atom stereocenters. The first-order valence-corrected chi connectivity index (χ1v) is 5.63. The molecule has 17 heavy (non-hydrogen) atoms. The fraction of sp³-hybridized carbons (Fsp3) is 0.286.